The number of sulfonamides is 1. The van der Waals surface area contributed by atoms with Gasteiger partial charge in [0.2, 0.25) is 21.8 Å². The molecule has 8 aromatic rings. The third-order valence-corrected chi connectivity index (χ3v) is 18.9. The van der Waals surface area contributed by atoms with Crippen LogP contribution in [0, 0.1) is 12.8 Å². The molecular formula is C49H50N14O9S7. The second-order valence-electron chi connectivity index (χ2n) is 17.9. The molecule has 79 heavy (non-hydrogen) atoms. The lowest BCUT2D eigenvalue weighted by atomic mass is 10.0. The number of aliphatic hydroxyl groups excluding tert-OH is 1. The van der Waals surface area contributed by atoms with Crippen molar-refractivity contribution in [1.82, 2.24) is 61.5 Å². The van der Waals surface area contributed by atoms with Crippen molar-refractivity contribution in [2.24, 2.45) is 11.7 Å². The number of methoxy groups -OCH3 is 1. The fraction of sp³-hybridized carbons (Fsp3) is 0.306. The molecule has 7 aromatic heterocycles. The number of ether oxygens (including phenoxy) is 1. The zero-order valence-corrected chi connectivity index (χ0v) is 48.3. The molecule has 0 radical (unpaired) electrons. The fourth-order valence-corrected chi connectivity index (χ4v) is 14.4. The Hall–Kier alpha value is -6.87. The Kier molecular flexibility index (Phi) is 17.7. The summed E-state index contributed by atoms with van der Waals surface area (Å²) in [5.74, 6) is -3.38. The predicted molar refractivity (Wildman–Crippen MR) is 303 cm³/mol. The van der Waals surface area contributed by atoms with Crippen molar-refractivity contribution in [2.45, 2.75) is 58.0 Å². The average Bonchev–Trinajstić information content (AvgIpc) is 4.41. The molecule has 0 saturated heterocycles. The number of rotatable bonds is 12. The van der Waals surface area contributed by atoms with Gasteiger partial charge in [-0.05, 0) is 30.5 Å². The van der Waals surface area contributed by atoms with Crippen LogP contribution in [-0.4, -0.2) is 111 Å². The number of hydrogen-bond donors (Lipinski definition) is 8. The van der Waals surface area contributed by atoms with E-state index in [1.807, 2.05) is 13.8 Å². The van der Waals surface area contributed by atoms with E-state index in [2.05, 4.69) is 46.3 Å². The fourth-order valence-electron chi connectivity index (χ4n) is 8.00. The number of amides is 5. The van der Waals surface area contributed by atoms with Crippen LogP contribution in [0.1, 0.15) is 106 Å². The van der Waals surface area contributed by atoms with Gasteiger partial charge in [0.15, 0.2) is 5.82 Å². The summed E-state index contributed by atoms with van der Waals surface area (Å²) < 4.78 is 33.0. The van der Waals surface area contributed by atoms with E-state index in [1.54, 1.807) is 70.9 Å². The molecule has 1 aliphatic heterocycles. The molecule has 1 aromatic carbocycles. The molecule has 4 atom stereocenters. The van der Waals surface area contributed by atoms with Gasteiger partial charge in [-0.2, -0.15) is 0 Å². The van der Waals surface area contributed by atoms with Crippen LogP contribution in [0.15, 0.2) is 64.0 Å². The molecule has 5 amide bonds. The number of hydrogen-bond acceptors (Lipinski definition) is 23. The number of benzene rings is 1. The molecule has 0 fully saturated rings. The van der Waals surface area contributed by atoms with Crippen molar-refractivity contribution in [2.75, 3.05) is 37.7 Å². The Morgan fingerprint density at radius 1 is 0.747 bits per heavy atom. The highest BCUT2D eigenvalue weighted by atomic mass is 32.2. The monoisotopic (exact) mass is 1200 g/mol. The highest BCUT2D eigenvalue weighted by Crippen LogP contribution is 2.40. The predicted octanol–water partition coefficient (Wildman–Crippen LogP) is 6.01. The number of aryl methyl sites for hydroxylation is 1. The first-order valence-electron chi connectivity index (χ1n) is 24.1. The van der Waals surface area contributed by atoms with Crippen LogP contribution in [0.3, 0.4) is 0 Å². The van der Waals surface area contributed by atoms with Crippen LogP contribution in [0.4, 0.5) is 5.82 Å². The molecular weight excluding hydrogens is 1150 g/mol. The van der Waals surface area contributed by atoms with Crippen LogP contribution in [0.25, 0.3) is 43.4 Å². The summed E-state index contributed by atoms with van der Waals surface area (Å²) in [5.41, 5.74) is 8.05. The quantitative estimate of drug-likeness (QED) is 0.0694. The van der Waals surface area contributed by atoms with E-state index in [0.29, 0.717) is 68.7 Å². The number of nitrogens with two attached hydrogens (primary N) is 1. The van der Waals surface area contributed by atoms with Crippen molar-refractivity contribution in [3.8, 4) is 43.4 Å². The number of fused-ring (bicyclic) bond motifs is 14. The van der Waals surface area contributed by atoms with Gasteiger partial charge in [0.05, 0.1) is 48.0 Å². The van der Waals surface area contributed by atoms with Crippen molar-refractivity contribution in [3.63, 3.8) is 0 Å². The van der Waals surface area contributed by atoms with Gasteiger partial charge < -0.3 is 42.2 Å². The zero-order chi connectivity index (χ0) is 56.1. The number of aliphatic hydroxyl groups is 1. The smallest absolute Gasteiger partial charge is 0.271 e. The summed E-state index contributed by atoms with van der Waals surface area (Å²) in [6.07, 6.45) is -1.50. The SMILES string of the molecule is CNC(=O)C[C@@H]1NC(=O)c2csc(n2)-c2ccc(-c3nc(NS(=O)(=O)CCN)cs3)nc2-c2csc(n2)-c2csc(n2)[C@H]([C@@H](O)c2ccccc2)NC(=O)CNC(=O)c2nc(sc2COC)[C@@H](C(C)C)NC(=O)c2nc1sc2C. The first-order chi connectivity index (χ1) is 37.9. The van der Waals surface area contributed by atoms with Gasteiger partial charge in [0.25, 0.3) is 17.7 Å². The summed E-state index contributed by atoms with van der Waals surface area (Å²) in [6.45, 7) is 4.86. The molecule has 30 heteroatoms. The minimum atomic E-state index is -3.76. The number of carbonyl (C=O) groups excluding carboxylic acids is 5. The summed E-state index contributed by atoms with van der Waals surface area (Å²) >= 11 is 7.04. The second-order valence-corrected chi connectivity index (χ2v) is 25.5. The largest absolute Gasteiger partial charge is 0.386 e. The van der Waals surface area contributed by atoms with Crippen LogP contribution in [0.5, 0.6) is 0 Å². The Bertz CT molecular complexity index is 3660. The van der Waals surface area contributed by atoms with Crippen molar-refractivity contribution >= 4 is 113 Å². The molecule has 0 unspecified atom stereocenters. The lowest BCUT2D eigenvalue weighted by Gasteiger charge is -2.23. The Labute approximate surface area is 476 Å². The first-order valence-corrected chi connectivity index (χ1v) is 30.9. The highest BCUT2D eigenvalue weighted by molar-refractivity contribution is 7.92. The van der Waals surface area contributed by atoms with Gasteiger partial charge in [-0.25, -0.2) is 43.3 Å². The van der Waals surface area contributed by atoms with E-state index in [-0.39, 0.29) is 59.2 Å². The maximum atomic E-state index is 14.2. The summed E-state index contributed by atoms with van der Waals surface area (Å²) in [6, 6.07) is 9.37. The number of anilines is 1. The van der Waals surface area contributed by atoms with Crippen LogP contribution < -0.4 is 37.0 Å². The topological polar surface area (TPSA) is 337 Å². The summed E-state index contributed by atoms with van der Waals surface area (Å²) in [4.78, 5) is 104. The molecule has 9 rings (SSSR count). The van der Waals surface area contributed by atoms with Crippen LogP contribution in [-0.2, 0) is 31.0 Å². The third kappa shape index (κ3) is 13.1. The van der Waals surface area contributed by atoms with Crippen LogP contribution >= 0.6 is 68.0 Å². The number of carbonyl (C=O) groups is 5. The number of pyridine rings is 1. The second kappa shape index (κ2) is 24.7. The number of nitrogens with one attached hydrogen (secondary N) is 6. The van der Waals surface area contributed by atoms with Crippen molar-refractivity contribution < 1.29 is 42.2 Å². The molecule has 10 bridgehead atoms. The van der Waals surface area contributed by atoms with Crippen LogP contribution in [0.2, 0.25) is 0 Å². The maximum absolute atomic E-state index is 14.2. The lowest BCUT2D eigenvalue weighted by molar-refractivity contribution is -0.122. The molecule has 0 saturated carbocycles. The summed E-state index contributed by atoms with van der Waals surface area (Å²) in [7, 11) is -0.829. The van der Waals surface area contributed by atoms with E-state index >= 15 is 0 Å². The Morgan fingerprint density at radius 3 is 2.20 bits per heavy atom. The molecule has 1 aliphatic rings. The van der Waals surface area contributed by atoms with E-state index < -0.39 is 70.3 Å². The van der Waals surface area contributed by atoms with E-state index in [0.717, 1.165) is 34.0 Å². The molecule has 8 heterocycles. The molecule has 0 aliphatic carbocycles. The first kappa shape index (κ1) is 56.8. The molecule has 412 valence electrons. The van der Waals surface area contributed by atoms with E-state index in [4.69, 9.17) is 30.4 Å². The Balaban J connectivity index is 1.13. The van der Waals surface area contributed by atoms with Gasteiger partial charge in [0.1, 0.15) is 76.4 Å². The van der Waals surface area contributed by atoms with E-state index in [9.17, 15) is 37.5 Å². The third-order valence-electron chi connectivity index (χ3n) is 11.9. The minimum Gasteiger partial charge on any atom is -0.386 e. The summed E-state index contributed by atoms with van der Waals surface area (Å²) in [5, 5.41) is 34.7. The number of nitrogens with zero attached hydrogens (tertiary/aromatic N) is 7. The lowest BCUT2D eigenvalue weighted by Crippen LogP contribution is -2.40. The molecule has 9 N–H and O–H groups in total. The van der Waals surface area contributed by atoms with Gasteiger partial charge >= 0.3 is 0 Å². The van der Waals surface area contributed by atoms with Gasteiger partial charge in [-0.1, -0.05) is 44.2 Å². The van der Waals surface area contributed by atoms with Crippen molar-refractivity contribution in [1.29, 1.82) is 0 Å². The standard InChI is InChI=1S/C49H50N14O9S7/c1-22(2)35-49-62-38(31(78-49)17-72-5)42(68)52-16-34(65)59-39(40(66)24-9-7-6-8-10-24)48-57-30(20-75-48)46-55-28(18-74-46)37-25(11-12-26(53-37)45-58-32(21-76-45)63-79(70,71)14-13-50)44-56-29(19-73-44)41(67)54-27(15-33(64)51-4)47-61-36(23(3)77-47)43(69)60-35/h6-12,18-22,27,35,39-40,63,66H,13-17,50H2,1-5H3,(H,51,64)(H,52,68)(H,54,67)(H,59,65)(H,60,69)/t27-,35+,39-,40-/m0/s1. The van der Waals surface area contributed by atoms with Gasteiger partial charge in [0, 0.05) is 52.7 Å². The van der Waals surface area contributed by atoms with Crippen molar-refractivity contribution in [3.05, 3.63) is 111 Å². The normalized spacial score (nSPS) is 16.8. The Morgan fingerprint density at radius 2 is 1.46 bits per heavy atom. The minimum absolute atomic E-state index is 0.000405. The molecule has 0 spiro atoms. The van der Waals surface area contributed by atoms with E-state index in [1.165, 1.54) is 48.2 Å². The number of thiazole rings is 6. The maximum Gasteiger partial charge on any atom is 0.271 e. The van der Waals surface area contributed by atoms with Gasteiger partial charge in [-0.15, -0.1) is 68.0 Å². The average molecular weight is 1200 g/mol. The highest BCUT2D eigenvalue weighted by Gasteiger charge is 2.33. The van der Waals surface area contributed by atoms with Gasteiger partial charge in [-0.3, -0.25) is 28.7 Å². The zero-order valence-electron chi connectivity index (χ0n) is 42.6. The molecule has 23 nitrogen and oxygen atoms in total. The number of aromatic nitrogens is 7.